The molecule has 1 atom stereocenters. The molecule has 3 nitrogen and oxygen atoms in total. The average molecular weight is 238 g/mol. The Labute approximate surface area is 101 Å². The number of aromatic amines is 1. The molecule has 0 aliphatic carbocycles. The number of nitrogens with one attached hydrogen (secondary N) is 1. The van der Waals surface area contributed by atoms with E-state index in [4.69, 9.17) is 17.0 Å². The van der Waals surface area contributed by atoms with E-state index in [1.54, 1.807) is 0 Å². The molecule has 1 aliphatic heterocycles. The lowest BCUT2D eigenvalue weighted by atomic mass is 10.1. The third-order valence-electron chi connectivity index (χ3n) is 2.92. The highest BCUT2D eigenvalue weighted by molar-refractivity contribution is 7.71. The van der Waals surface area contributed by atoms with E-state index in [9.17, 15) is 0 Å². The predicted molar refractivity (Wildman–Crippen MR) is 66.1 cm³/mol. The first-order valence-corrected chi connectivity index (χ1v) is 6.39. The topological polar surface area (TPSA) is 37.9 Å². The average Bonchev–Trinajstić information content (AvgIpc) is 2.29. The van der Waals surface area contributed by atoms with Crippen molar-refractivity contribution in [2.75, 3.05) is 6.61 Å². The zero-order valence-corrected chi connectivity index (χ0v) is 10.5. The van der Waals surface area contributed by atoms with Gasteiger partial charge in [0.25, 0.3) is 0 Å². The van der Waals surface area contributed by atoms with E-state index in [2.05, 4.69) is 16.9 Å². The monoisotopic (exact) mass is 238 g/mol. The van der Waals surface area contributed by atoms with Gasteiger partial charge >= 0.3 is 0 Å². The van der Waals surface area contributed by atoms with Crippen molar-refractivity contribution in [3.8, 4) is 0 Å². The number of aryl methyl sites for hydroxylation is 1. The van der Waals surface area contributed by atoms with Crippen molar-refractivity contribution in [2.45, 2.75) is 45.1 Å². The van der Waals surface area contributed by atoms with Crippen LogP contribution in [0.15, 0.2) is 6.07 Å². The molecule has 0 saturated carbocycles. The molecule has 4 heteroatoms. The summed E-state index contributed by atoms with van der Waals surface area (Å²) in [6, 6.07) is 1.93. The van der Waals surface area contributed by atoms with Crippen LogP contribution in [0.3, 0.4) is 0 Å². The van der Waals surface area contributed by atoms with E-state index in [-0.39, 0.29) is 0 Å². The maximum Gasteiger partial charge on any atom is 0.129 e. The highest BCUT2D eigenvalue weighted by Gasteiger charge is 2.15. The van der Waals surface area contributed by atoms with Gasteiger partial charge in [-0.1, -0.05) is 19.1 Å². The van der Waals surface area contributed by atoms with E-state index in [0.29, 0.717) is 10.7 Å². The van der Waals surface area contributed by atoms with Crippen LogP contribution < -0.4 is 0 Å². The van der Waals surface area contributed by atoms with Crippen LogP contribution in [0.4, 0.5) is 0 Å². The van der Waals surface area contributed by atoms with E-state index in [1.165, 1.54) is 12.8 Å². The summed E-state index contributed by atoms with van der Waals surface area (Å²) in [5.74, 6) is 0.969. The number of hydrogen-bond donors (Lipinski definition) is 1. The van der Waals surface area contributed by atoms with Crippen LogP contribution in [0.2, 0.25) is 0 Å². The first-order chi connectivity index (χ1) is 7.78. The van der Waals surface area contributed by atoms with Crippen LogP contribution >= 0.6 is 12.2 Å². The van der Waals surface area contributed by atoms with Crippen LogP contribution in [0.25, 0.3) is 0 Å². The molecule has 1 aliphatic rings. The van der Waals surface area contributed by atoms with Gasteiger partial charge in [0.1, 0.15) is 10.5 Å². The molecule has 88 valence electrons. The Hall–Kier alpha value is -0.740. The SMILES string of the molecule is CCc1cc(=S)nc(CC2CCCCO2)[nH]1. The Kier molecular flexibility index (Phi) is 4.07. The highest BCUT2D eigenvalue weighted by Crippen LogP contribution is 2.15. The molecule has 1 unspecified atom stereocenters. The van der Waals surface area contributed by atoms with Crippen molar-refractivity contribution in [3.05, 3.63) is 22.2 Å². The molecule has 0 spiro atoms. The fourth-order valence-corrected chi connectivity index (χ4v) is 2.29. The van der Waals surface area contributed by atoms with Crippen LogP contribution in [0, 0.1) is 4.64 Å². The fraction of sp³-hybridized carbons (Fsp3) is 0.667. The molecular weight excluding hydrogens is 220 g/mol. The lowest BCUT2D eigenvalue weighted by molar-refractivity contribution is 0.0156. The van der Waals surface area contributed by atoms with Gasteiger partial charge in [0, 0.05) is 18.7 Å². The summed E-state index contributed by atoms with van der Waals surface area (Å²) in [5.41, 5.74) is 1.16. The summed E-state index contributed by atoms with van der Waals surface area (Å²) >= 11 is 5.15. The van der Waals surface area contributed by atoms with E-state index < -0.39 is 0 Å². The molecule has 2 rings (SSSR count). The van der Waals surface area contributed by atoms with Gasteiger partial charge in [-0.25, -0.2) is 4.98 Å². The number of rotatable bonds is 3. The molecule has 0 radical (unpaired) electrons. The largest absolute Gasteiger partial charge is 0.378 e. The van der Waals surface area contributed by atoms with Crippen molar-refractivity contribution in [3.63, 3.8) is 0 Å². The number of aromatic nitrogens is 2. The molecule has 2 heterocycles. The van der Waals surface area contributed by atoms with Crippen molar-refractivity contribution in [2.24, 2.45) is 0 Å². The number of H-pyrrole nitrogens is 1. The van der Waals surface area contributed by atoms with Crippen LogP contribution in [0.1, 0.15) is 37.7 Å². The van der Waals surface area contributed by atoms with Crippen LogP contribution in [-0.2, 0) is 17.6 Å². The van der Waals surface area contributed by atoms with Crippen molar-refractivity contribution < 1.29 is 4.74 Å². The molecule has 1 aromatic heterocycles. The predicted octanol–water partition coefficient (Wildman–Crippen LogP) is 2.81. The molecule has 1 fully saturated rings. The molecule has 16 heavy (non-hydrogen) atoms. The smallest absolute Gasteiger partial charge is 0.129 e. The Morgan fingerprint density at radius 2 is 2.44 bits per heavy atom. The Morgan fingerprint density at radius 1 is 1.56 bits per heavy atom. The van der Waals surface area contributed by atoms with Crippen molar-refractivity contribution in [1.82, 2.24) is 9.97 Å². The van der Waals surface area contributed by atoms with Gasteiger partial charge in [-0.3, -0.25) is 0 Å². The number of nitrogens with zero attached hydrogens (tertiary/aromatic N) is 1. The lowest BCUT2D eigenvalue weighted by Crippen LogP contribution is -2.22. The second-order valence-electron chi connectivity index (χ2n) is 4.24. The molecule has 0 aromatic carbocycles. The van der Waals surface area contributed by atoms with Crippen molar-refractivity contribution >= 4 is 12.2 Å². The molecule has 1 N–H and O–H groups in total. The fourth-order valence-electron chi connectivity index (χ4n) is 2.03. The normalized spacial score (nSPS) is 20.9. The second-order valence-corrected chi connectivity index (χ2v) is 4.66. The minimum absolute atomic E-state index is 0.319. The van der Waals surface area contributed by atoms with Gasteiger partial charge in [0.05, 0.1) is 6.10 Å². The summed E-state index contributed by atoms with van der Waals surface area (Å²) in [5, 5.41) is 0. The molecule has 0 amide bonds. The van der Waals surface area contributed by atoms with Crippen LogP contribution in [0.5, 0.6) is 0 Å². The van der Waals surface area contributed by atoms with Crippen molar-refractivity contribution in [1.29, 1.82) is 0 Å². The second kappa shape index (κ2) is 5.55. The maximum absolute atomic E-state index is 5.70. The van der Waals surface area contributed by atoms with E-state index >= 15 is 0 Å². The zero-order valence-electron chi connectivity index (χ0n) is 9.66. The van der Waals surface area contributed by atoms with Gasteiger partial charge in [-0.15, -0.1) is 0 Å². The summed E-state index contributed by atoms with van der Waals surface area (Å²) in [7, 11) is 0. The Balaban J connectivity index is 2.07. The molecule has 1 saturated heterocycles. The van der Waals surface area contributed by atoms with Gasteiger partial charge < -0.3 is 9.72 Å². The van der Waals surface area contributed by atoms with Gasteiger partial charge in [-0.2, -0.15) is 0 Å². The minimum atomic E-state index is 0.319. The molecular formula is C12H18N2OS. The first kappa shape index (κ1) is 11.7. The summed E-state index contributed by atoms with van der Waals surface area (Å²) in [6.45, 7) is 3.00. The number of ether oxygens (including phenoxy) is 1. The van der Waals surface area contributed by atoms with E-state index in [1.807, 2.05) is 6.07 Å². The van der Waals surface area contributed by atoms with Gasteiger partial charge in [0.2, 0.25) is 0 Å². The third kappa shape index (κ3) is 3.12. The van der Waals surface area contributed by atoms with Gasteiger partial charge in [-0.05, 0) is 31.7 Å². The third-order valence-corrected chi connectivity index (χ3v) is 3.13. The zero-order chi connectivity index (χ0) is 11.4. The number of hydrogen-bond acceptors (Lipinski definition) is 3. The summed E-state index contributed by atoms with van der Waals surface area (Å²) < 4.78 is 6.38. The highest BCUT2D eigenvalue weighted by atomic mass is 32.1. The minimum Gasteiger partial charge on any atom is -0.378 e. The van der Waals surface area contributed by atoms with Gasteiger partial charge in [0.15, 0.2) is 0 Å². The van der Waals surface area contributed by atoms with E-state index in [0.717, 1.165) is 37.4 Å². The quantitative estimate of drug-likeness (QED) is 0.823. The lowest BCUT2D eigenvalue weighted by Gasteiger charge is -2.22. The Bertz CT molecular complexity index is 396. The first-order valence-electron chi connectivity index (χ1n) is 5.98. The van der Waals surface area contributed by atoms with Crippen LogP contribution in [-0.4, -0.2) is 22.7 Å². The summed E-state index contributed by atoms with van der Waals surface area (Å²) in [6.07, 6.45) is 5.73. The standard InChI is InChI=1S/C12H18N2OS/c1-2-9-7-12(16)14-11(13-9)8-10-5-3-4-6-15-10/h7,10H,2-6,8H2,1H3,(H,13,14,16). The molecule has 0 bridgehead atoms. The molecule has 1 aromatic rings. The maximum atomic E-state index is 5.70. The Morgan fingerprint density at radius 3 is 3.12 bits per heavy atom. The summed E-state index contributed by atoms with van der Waals surface area (Å²) in [4.78, 5) is 7.68.